The molecule has 2 aliphatic heterocycles. The van der Waals surface area contributed by atoms with Gasteiger partial charge in [-0.3, -0.25) is 14.5 Å². The molecule has 1 aromatic heterocycles. The number of fused-ring (bicyclic) bond motifs is 8. The van der Waals surface area contributed by atoms with Crippen LogP contribution in [0.15, 0.2) is 53.3 Å². The van der Waals surface area contributed by atoms with Crippen LogP contribution in [0.5, 0.6) is 0 Å². The van der Waals surface area contributed by atoms with Crippen LogP contribution in [-0.4, -0.2) is 24.1 Å². The van der Waals surface area contributed by atoms with Crippen LogP contribution in [0, 0.1) is 5.82 Å². The van der Waals surface area contributed by atoms with Crippen molar-refractivity contribution in [1.82, 2.24) is 4.98 Å². The quantitative estimate of drug-likeness (QED) is 0.482. The maximum atomic E-state index is 14.1. The molecular formula is C23H18F4N4O2. The van der Waals surface area contributed by atoms with Gasteiger partial charge in [0.25, 0.3) is 5.91 Å². The van der Waals surface area contributed by atoms with E-state index in [9.17, 15) is 27.2 Å². The molecule has 1 amide bonds. The summed E-state index contributed by atoms with van der Waals surface area (Å²) in [5, 5.41) is 3.11. The second kappa shape index (κ2) is 7.65. The third kappa shape index (κ3) is 3.71. The number of carbonyl (C=O) groups excluding carboxylic acids is 1. The Balaban J connectivity index is 1.76. The van der Waals surface area contributed by atoms with Crippen LogP contribution >= 0.6 is 0 Å². The summed E-state index contributed by atoms with van der Waals surface area (Å²) in [6.45, 7) is 0.308. The fourth-order valence-electron chi connectivity index (χ4n) is 4.27. The summed E-state index contributed by atoms with van der Waals surface area (Å²) in [5.41, 5.74) is 0.430. The zero-order valence-corrected chi connectivity index (χ0v) is 17.2. The predicted molar refractivity (Wildman–Crippen MR) is 116 cm³/mol. The van der Waals surface area contributed by atoms with Gasteiger partial charge in [0.2, 0.25) is 5.56 Å². The third-order valence-electron chi connectivity index (χ3n) is 5.82. The molecule has 3 heterocycles. The van der Waals surface area contributed by atoms with Crippen molar-refractivity contribution in [1.29, 1.82) is 0 Å². The molecule has 2 aliphatic rings. The Morgan fingerprint density at radius 3 is 2.45 bits per heavy atom. The number of amides is 1. The van der Waals surface area contributed by atoms with Crippen molar-refractivity contribution < 1.29 is 22.4 Å². The molecule has 10 heteroatoms. The van der Waals surface area contributed by atoms with Crippen molar-refractivity contribution in [2.75, 3.05) is 28.3 Å². The SMILES string of the molecule is O=C1c2ccc(C(F)(F)F)cc2N2CN1c1ccc(=O)[nH]c1NCCCc1cc(F)ccc12. The predicted octanol–water partition coefficient (Wildman–Crippen LogP) is 4.65. The molecule has 0 unspecified atom stereocenters. The van der Waals surface area contributed by atoms with Crippen LogP contribution < -0.4 is 20.7 Å². The van der Waals surface area contributed by atoms with E-state index in [1.807, 2.05) is 0 Å². The number of pyridine rings is 1. The highest BCUT2D eigenvalue weighted by atomic mass is 19.4. The Morgan fingerprint density at radius 1 is 0.879 bits per heavy atom. The molecule has 6 nitrogen and oxygen atoms in total. The summed E-state index contributed by atoms with van der Waals surface area (Å²) in [5.74, 6) is -0.630. The summed E-state index contributed by atoms with van der Waals surface area (Å²) in [7, 11) is 0. The standard InChI is InChI=1S/C23H18F4N4O2/c24-15-4-6-17-13(10-15)2-1-9-28-21-18(7-8-20(32)29-21)31-12-30(17)19-11-14(23(25,26)27)3-5-16(19)22(31)33/h3-8,10-11H,1-2,9,12H2,(H2,28,29,32). The number of nitrogens with one attached hydrogen (secondary N) is 2. The second-order valence-electron chi connectivity index (χ2n) is 7.92. The average Bonchev–Trinajstić information content (AvgIpc) is 2.79. The number of hydrogen-bond acceptors (Lipinski definition) is 4. The molecule has 5 rings (SSSR count). The second-order valence-corrected chi connectivity index (χ2v) is 7.92. The largest absolute Gasteiger partial charge is 0.416 e. The lowest BCUT2D eigenvalue weighted by molar-refractivity contribution is -0.137. The summed E-state index contributed by atoms with van der Waals surface area (Å²) in [4.78, 5) is 30.9. The summed E-state index contributed by atoms with van der Waals surface area (Å²) in [6.07, 6.45) is -3.60. The van der Waals surface area contributed by atoms with Crippen molar-refractivity contribution in [2.24, 2.45) is 0 Å². The first kappa shape index (κ1) is 21.0. The summed E-state index contributed by atoms with van der Waals surface area (Å²) >= 11 is 0. The molecule has 0 saturated heterocycles. The lowest BCUT2D eigenvalue weighted by atomic mass is 10.0. The van der Waals surface area contributed by atoms with Gasteiger partial charge in [-0.05, 0) is 60.9 Å². The number of aromatic amines is 1. The molecule has 0 fully saturated rings. The van der Waals surface area contributed by atoms with Gasteiger partial charge in [-0.1, -0.05) is 0 Å². The number of benzene rings is 2. The number of aryl methyl sites for hydroxylation is 1. The molecule has 2 aromatic carbocycles. The third-order valence-corrected chi connectivity index (χ3v) is 5.82. The topological polar surface area (TPSA) is 68.4 Å². The van der Waals surface area contributed by atoms with E-state index in [0.717, 1.165) is 18.2 Å². The zero-order chi connectivity index (χ0) is 23.3. The van der Waals surface area contributed by atoms with Gasteiger partial charge >= 0.3 is 6.18 Å². The number of halogens is 4. The number of nitrogens with zero attached hydrogens (tertiary/aromatic N) is 2. The van der Waals surface area contributed by atoms with Gasteiger partial charge in [0, 0.05) is 18.3 Å². The maximum Gasteiger partial charge on any atom is 0.416 e. The van der Waals surface area contributed by atoms with E-state index in [-0.39, 0.29) is 23.5 Å². The van der Waals surface area contributed by atoms with Gasteiger partial charge in [0.05, 0.1) is 22.5 Å². The number of alkyl halides is 3. The normalized spacial score (nSPS) is 15.7. The maximum absolute atomic E-state index is 14.1. The molecule has 0 radical (unpaired) electrons. The molecule has 0 saturated carbocycles. The first-order valence-corrected chi connectivity index (χ1v) is 10.3. The fourth-order valence-corrected chi connectivity index (χ4v) is 4.27. The number of H-pyrrole nitrogens is 1. The molecule has 2 N–H and O–H groups in total. The van der Waals surface area contributed by atoms with Crippen LogP contribution in [0.2, 0.25) is 0 Å². The highest BCUT2D eigenvalue weighted by Gasteiger charge is 2.37. The lowest BCUT2D eigenvalue weighted by Crippen LogP contribution is -2.45. The number of rotatable bonds is 0. The van der Waals surface area contributed by atoms with Crippen molar-refractivity contribution >= 4 is 28.8 Å². The van der Waals surface area contributed by atoms with Crippen LogP contribution in [0.25, 0.3) is 0 Å². The van der Waals surface area contributed by atoms with Gasteiger partial charge in [-0.2, -0.15) is 13.2 Å². The molecule has 2 bridgehead atoms. The Morgan fingerprint density at radius 2 is 1.67 bits per heavy atom. The minimum Gasteiger partial charge on any atom is -0.370 e. The van der Waals surface area contributed by atoms with E-state index >= 15 is 0 Å². The number of anilines is 4. The first-order chi connectivity index (χ1) is 15.7. The van der Waals surface area contributed by atoms with Gasteiger partial charge in [0.1, 0.15) is 18.3 Å². The van der Waals surface area contributed by atoms with Crippen LogP contribution in [-0.2, 0) is 12.6 Å². The number of carbonyl (C=O) groups is 1. The van der Waals surface area contributed by atoms with Crippen LogP contribution in [0.1, 0.15) is 27.9 Å². The van der Waals surface area contributed by atoms with Crippen molar-refractivity contribution in [3.8, 4) is 0 Å². The highest BCUT2D eigenvalue weighted by molar-refractivity contribution is 6.13. The molecule has 33 heavy (non-hydrogen) atoms. The minimum atomic E-state index is -4.59. The van der Waals surface area contributed by atoms with Gasteiger partial charge in [-0.15, -0.1) is 0 Å². The highest BCUT2D eigenvalue weighted by Crippen LogP contribution is 2.42. The zero-order valence-electron chi connectivity index (χ0n) is 17.2. The van der Waals surface area contributed by atoms with E-state index in [1.54, 1.807) is 4.90 Å². The van der Waals surface area contributed by atoms with Crippen molar-refractivity contribution in [2.45, 2.75) is 19.0 Å². The van der Waals surface area contributed by atoms with E-state index in [1.165, 1.54) is 35.2 Å². The van der Waals surface area contributed by atoms with E-state index in [2.05, 4.69) is 10.3 Å². The van der Waals surface area contributed by atoms with E-state index < -0.39 is 23.5 Å². The molecule has 0 atom stereocenters. The summed E-state index contributed by atoms with van der Waals surface area (Å²) < 4.78 is 54.5. The van der Waals surface area contributed by atoms with Crippen molar-refractivity contribution in [3.63, 3.8) is 0 Å². The van der Waals surface area contributed by atoms with Crippen molar-refractivity contribution in [3.05, 3.63) is 81.4 Å². The monoisotopic (exact) mass is 458 g/mol. The van der Waals surface area contributed by atoms with E-state index in [4.69, 9.17) is 0 Å². The fraction of sp³-hybridized carbons (Fsp3) is 0.217. The molecule has 170 valence electrons. The molecule has 3 aromatic rings. The number of aromatic nitrogens is 1. The van der Waals surface area contributed by atoms with Crippen LogP contribution in [0.4, 0.5) is 40.4 Å². The Labute approximate surface area is 185 Å². The first-order valence-electron chi connectivity index (χ1n) is 10.3. The Hall–Kier alpha value is -3.82. The van der Waals surface area contributed by atoms with E-state index in [0.29, 0.717) is 42.1 Å². The molecule has 0 spiro atoms. The van der Waals surface area contributed by atoms with Crippen LogP contribution in [0.3, 0.4) is 0 Å². The minimum absolute atomic E-state index is 0.0703. The van der Waals surface area contributed by atoms with Gasteiger partial charge in [0.15, 0.2) is 0 Å². The average molecular weight is 458 g/mol. The lowest BCUT2D eigenvalue weighted by Gasteiger charge is -2.39. The van der Waals surface area contributed by atoms with Gasteiger partial charge < -0.3 is 15.2 Å². The van der Waals surface area contributed by atoms with Gasteiger partial charge in [-0.25, -0.2) is 4.39 Å². The molecular weight excluding hydrogens is 440 g/mol. The smallest absolute Gasteiger partial charge is 0.370 e. The molecule has 0 aliphatic carbocycles. The Kier molecular flexibility index (Phi) is 4.88. The number of hydrogen-bond donors (Lipinski definition) is 2. The Bertz CT molecular complexity index is 1320. The summed E-state index contributed by atoms with van der Waals surface area (Å²) in [6, 6.07) is 9.87.